The Morgan fingerprint density at radius 3 is 2.87 bits per heavy atom. The lowest BCUT2D eigenvalue weighted by atomic mass is 9.93. The lowest BCUT2D eigenvalue weighted by Crippen LogP contribution is -2.32. The van der Waals surface area contributed by atoms with E-state index in [1.807, 2.05) is 30.3 Å². The van der Waals surface area contributed by atoms with E-state index >= 15 is 0 Å². The quantitative estimate of drug-likeness (QED) is 0.901. The summed E-state index contributed by atoms with van der Waals surface area (Å²) in [6, 6.07) is 11.8. The fourth-order valence-corrected chi connectivity index (χ4v) is 3.09. The number of hydrogen-bond acceptors (Lipinski definition) is 4. The summed E-state index contributed by atoms with van der Waals surface area (Å²) in [7, 11) is 0. The van der Waals surface area contributed by atoms with Gasteiger partial charge in [0.1, 0.15) is 5.82 Å². The van der Waals surface area contributed by atoms with Crippen molar-refractivity contribution in [2.24, 2.45) is 5.73 Å². The van der Waals surface area contributed by atoms with E-state index in [1.165, 1.54) is 11.1 Å². The van der Waals surface area contributed by atoms with Crippen LogP contribution < -0.4 is 10.6 Å². The standard InChI is InChI=1S/C18H21N3O2/c1-12(22)16-6-3-7-18(20-16)21-9-8-15-13(10-17(19)23)4-2-5-14(15)11-21/h2-7,12,22H,8-11H2,1H3,(H2,19,23)/t12-/m0/s1. The number of nitrogens with two attached hydrogens (primary N) is 1. The zero-order valence-corrected chi connectivity index (χ0v) is 13.2. The summed E-state index contributed by atoms with van der Waals surface area (Å²) in [6.07, 6.45) is 0.576. The van der Waals surface area contributed by atoms with E-state index in [0.717, 1.165) is 30.9 Å². The molecule has 0 saturated carbocycles. The Bertz CT molecular complexity index is 728. The topological polar surface area (TPSA) is 79.5 Å². The fourth-order valence-electron chi connectivity index (χ4n) is 3.09. The third-order valence-corrected chi connectivity index (χ3v) is 4.24. The molecule has 0 unspecified atom stereocenters. The number of benzene rings is 1. The molecule has 0 fully saturated rings. The van der Waals surface area contributed by atoms with Gasteiger partial charge in [-0.15, -0.1) is 0 Å². The minimum atomic E-state index is -0.575. The number of anilines is 1. The number of aromatic nitrogens is 1. The summed E-state index contributed by atoms with van der Waals surface area (Å²) in [5.41, 5.74) is 9.48. The van der Waals surface area contributed by atoms with Crippen LogP contribution in [0, 0.1) is 0 Å². The first-order chi connectivity index (χ1) is 11.0. The minimum absolute atomic E-state index is 0.291. The van der Waals surface area contributed by atoms with Crippen molar-refractivity contribution in [3.05, 3.63) is 58.8 Å². The van der Waals surface area contributed by atoms with E-state index in [2.05, 4.69) is 16.0 Å². The summed E-state index contributed by atoms with van der Waals surface area (Å²) in [4.78, 5) is 18.0. The summed E-state index contributed by atoms with van der Waals surface area (Å²) in [5, 5.41) is 9.70. The second-order valence-corrected chi connectivity index (χ2v) is 5.97. The van der Waals surface area contributed by atoms with Crippen LogP contribution in [0.4, 0.5) is 5.82 Å². The molecule has 5 heteroatoms. The molecular weight excluding hydrogens is 290 g/mol. The molecule has 3 rings (SSSR count). The van der Waals surface area contributed by atoms with E-state index in [-0.39, 0.29) is 5.91 Å². The van der Waals surface area contributed by atoms with E-state index in [0.29, 0.717) is 12.1 Å². The molecule has 5 nitrogen and oxygen atoms in total. The smallest absolute Gasteiger partial charge is 0.221 e. The summed E-state index contributed by atoms with van der Waals surface area (Å²) < 4.78 is 0. The van der Waals surface area contributed by atoms with E-state index in [9.17, 15) is 9.90 Å². The number of aliphatic hydroxyl groups is 1. The largest absolute Gasteiger partial charge is 0.387 e. The van der Waals surface area contributed by atoms with Gasteiger partial charge in [0.25, 0.3) is 0 Å². The van der Waals surface area contributed by atoms with Gasteiger partial charge in [0.15, 0.2) is 0 Å². The molecule has 1 amide bonds. The highest BCUT2D eigenvalue weighted by Crippen LogP contribution is 2.26. The molecule has 1 aromatic carbocycles. The average molecular weight is 311 g/mol. The lowest BCUT2D eigenvalue weighted by molar-refractivity contribution is -0.117. The Labute approximate surface area is 135 Å². The highest BCUT2D eigenvalue weighted by molar-refractivity contribution is 5.77. The maximum Gasteiger partial charge on any atom is 0.221 e. The Kier molecular flexibility index (Phi) is 4.30. The van der Waals surface area contributed by atoms with Crippen molar-refractivity contribution in [3.8, 4) is 0 Å². The second-order valence-electron chi connectivity index (χ2n) is 5.97. The van der Waals surface area contributed by atoms with Gasteiger partial charge in [-0.05, 0) is 42.2 Å². The summed E-state index contributed by atoms with van der Waals surface area (Å²) >= 11 is 0. The first-order valence-electron chi connectivity index (χ1n) is 7.82. The van der Waals surface area contributed by atoms with Crippen molar-refractivity contribution >= 4 is 11.7 Å². The van der Waals surface area contributed by atoms with Crippen molar-refractivity contribution in [3.63, 3.8) is 0 Å². The molecule has 0 saturated heterocycles. The van der Waals surface area contributed by atoms with Crippen LogP contribution in [0.3, 0.4) is 0 Å². The van der Waals surface area contributed by atoms with Crippen LogP contribution in [-0.4, -0.2) is 22.5 Å². The van der Waals surface area contributed by atoms with Crippen LogP contribution in [0.1, 0.15) is 35.4 Å². The van der Waals surface area contributed by atoms with Crippen molar-refractivity contribution in [1.82, 2.24) is 4.98 Å². The Morgan fingerprint density at radius 1 is 1.35 bits per heavy atom. The van der Waals surface area contributed by atoms with Crippen molar-refractivity contribution < 1.29 is 9.90 Å². The maximum absolute atomic E-state index is 11.2. The minimum Gasteiger partial charge on any atom is -0.387 e. The Morgan fingerprint density at radius 2 is 2.13 bits per heavy atom. The molecule has 0 radical (unpaired) electrons. The van der Waals surface area contributed by atoms with Crippen LogP contribution in [0.5, 0.6) is 0 Å². The number of aliphatic hydroxyl groups excluding tert-OH is 1. The van der Waals surface area contributed by atoms with Crippen LogP contribution in [0.25, 0.3) is 0 Å². The number of amides is 1. The first kappa shape index (κ1) is 15.5. The lowest BCUT2D eigenvalue weighted by Gasteiger charge is -2.31. The maximum atomic E-state index is 11.2. The molecule has 2 aromatic rings. The van der Waals surface area contributed by atoms with Crippen LogP contribution >= 0.6 is 0 Å². The number of carbonyl (C=O) groups is 1. The fraction of sp³-hybridized carbons (Fsp3) is 0.333. The van der Waals surface area contributed by atoms with Crippen molar-refractivity contribution in [2.75, 3.05) is 11.4 Å². The van der Waals surface area contributed by atoms with Gasteiger partial charge in [-0.1, -0.05) is 24.3 Å². The predicted molar refractivity (Wildman–Crippen MR) is 89.0 cm³/mol. The van der Waals surface area contributed by atoms with Crippen LogP contribution in [-0.2, 0) is 24.2 Å². The van der Waals surface area contributed by atoms with Gasteiger partial charge in [-0.2, -0.15) is 0 Å². The molecule has 0 spiro atoms. The van der Waals surface area contributed by atoms with E-state index in [1.54, 1.807) is 6.92 Å². The molecule has 1 aliphatic heterocycles. The molecule has 1 aliphatic rings. The number of hydrogen-bond donors (Lipinski definition) is 2. The zero-order valence-electron chi connectivity index (χ0n) is 13.2. The number of primary amides is 1. The molecule has 1 atom stereocenters. The Balaban J connectivity index is 1.86. The van der Waals surface area contributed by atoms with Gasteiger partial charge in [-0.3, -0.25) is 4.79 Å². The van der Waals surface area contributed by atoms with Gasteiger partial charge in [0.2, 0.25) is 5.91 Å². The van der Waals surface area contributed by atoms with Gasteiger partial charge < -0.3 is 15.7 Å². The molecular formula is C18H21N3O2. The van der Waals surface area contributed by atoms with Crippen molar-refractivity contribution in [1.29, 1.82) is 0 Å². The number of fused-ring (bicyclic) bond motifs is 1. The average Bonchev–Trinajstić information content (AvgIpc) is 2.54. The molecule has 23 heavy (non-hydrogen) atoms. The zero-order chi connectivity index (χ0) is 16.4. The number of nitrogens with zero attached hydrogens (tertiary/aromatic N) is 2. The third-order valence-electron chi connectivity index (χ3n) is 4.24. The predicted octanol–water partition coefficient (Wildman–Crippen LogP) is 1.73. The number of rotatable bonds is 4. The number of carbonyl (C=O) groups excluding carboxylic acids is 1. The molecule has 0 bridgehead atoms. The van der Waals surface area contributed by atoms with Crippen molar-refractivity contribution in [2.45, 2.75) is 32.4 Å². The first-order valence-corrected chi connectivity index (χ1v) is 7.82. The molecule has 1 aromatic heterocycles. The third kappa shape index (κ3) is 3.35. The molecule has 2 heterocycles. The van der Waals surface area contributed by atoms with Crippen LogP contribution in [0.15, 0.2) is 36.4 Å². The van der Waals surface area contributed by atoms with E-state index < -0.39 is 6.10 Å². The Hall–Kier alpha value is -2.40. The van der Waals surface area contributed by atoms with Gasteiger partial charge in [-0.25, -0.2) is 4.98 Å². The van der Waals surface area contributed by atoms with Gasteiger partial charge in [0.05, 0.1) is 18.2 Å². The van der Waals surface area contributed by atoms with Crippen LogP contribution in [0.2, 0.25) is 0 Å². The molecule has 120 valence electrons. The summed E-state index contributed by atoms with van der Waals surface area (Å²) in [6.45, 7) is 3.30. The summed E-state index contributed by atoms with van der Waals surface area (Å²) in [5.74, 6) is 0.571. The monoisotopic (exact) mass is 311 g/mol. The highest BCUT2D eigenvalue weighted by Gasteiger charge is 2.20. The normalized spacial score (nSPS) is 15.1. The molecule has 3 N–H and O–H groups in total. The van der Waals surface area contributed by atoms with E-state index in [4.69, 9.17) is 5.73 Å². The highest BCUT2D eigenvalue weighted by atomic mass is 16.3. The second kappa shape index (κ2) is 6.38. The van der Waals surface area contributed by atoms with Gasteiger partial charge in [0, 0.05) is 13.1 Å². The SMILES string of the molecule is C[C@H](O)c1cccc(N2CCc3c(CC(N)=O)cccc3C2)n1. The number of pyridine rings is 1. The van der Waals surface area contributed by atoms with Gasteiger partial charge >= 0.3 is 0 Å². The molecule has 0 aliphatic carbocycles.